The quantitative estimate of drug-likeness (QED) is 0.374. The fourth-order valence-corrected chi connectivity index (χ4v) is 1.87. The van der Waals surface area contributed by atoms with Gasteiger partial charge in [0.05, 0.1) is 16.6 Å². The number of nitriles is 2. The lowest BCUT2D eigenvalue weighted by molar-refractivity contribution is -0.383. The van der Waals surface area contributed by atoms with Gasteiger partial charge >= 0.3 is 0 Å². The van der Waals surface area contributed by atoms with Crippen LogP contribution in [0.25, 0.3) is 0 Å². The Balaban J connectivity index is 2.14. The molecule has 0 bridgehead atoms. The minimum Gasteiger partial charge on any atom is -0.360 e. The van der Waals surface area contributed by atoms with Crippen LogP contribution < -0.4 is 10.6 Å². The van der Waals surface area contributed by atoms with Gasteiger partial charge in [0.15, 0.2) is 0 Å². The third-order valence-electron chi connectivity index (χ3n) is 3.11. The highest BCUT2D eigenvalue weighted by molar-refractivity contribution is 6.07. The summed E-state index contributed by atoms with van der Waals surface area (Å²) < 4.78 is 0. The fraction of sp³-hybridized carbons (Fsp3) is 0. The number of carbonyl (C=O) groups is 1. The number of nitrogens with zero attached hydrogens (tertiary/aromatic N) is 3. The summed E-state index contributed by atoms with van der Waals surface area (Å²) in [6.45, 7) is 0. The Bertz CT molecular complexity index is 921. The smallest absolute Gasteiger partial charge is 0.292 e. The number of hydrogen-bond donors (Lipinski definition) is 2. The van der Waals surface area contributed by atoms with Crippen molar-refractivity contribution < 1.29 is 9.72 Å². The van der Waals surface area contributed by atoms with Crippen LogP contribution >= 0.6 is 0 Å². The number of nitrogens with one attached hydrogen (secondary N) is 2. The van der Waals surface area contributed by atoms with Crippen molar-refractivity contribution in [1.82, 2.24) is 0 Å². The van der Waals surface area contributed by atoms with Gasteiger partial charge in [0.25, 0.3) is 11.6 Å². The van der Waals surface area contributed by atoms with Crippen molar-refractivity contribution in [3.63, 3.8) is 0 Å². The van der Waals surface area contributed by atoms with Crippen LogP contribution in [0.4, 0.5) is 17.1 Å². The molecule has 0 aliphatic heterocycles. The molecule has 0 fully saturated rings. The Labute approximate surface area is 142 Å². The number of nitro groups is 1. The molecule has 0 saturated carbocycles. The molecule has 122 valence electrons. The highest BCUT2D eigenvalue weighted by Gasteiger charge is 2.17. The minimum atomic E-state index is -0.780. The van der Waals surface area contributed by atoms with E-state index >= 15 is 0 Å². The predicted molar refractivity (Wildman–Crippen MR) is 90.2 cm³/mol. The number of para-hydroxylation sites is 2. The average molecular weight is 333 g/mol. The van der Waals surface area contributed by atoms with Crippen molar-refractivity contribution in [2.24, 2.45) is 0 Å². The molecule has 0 unspecified atom stereocenters. The van der Waals surface area contributed by atoms with E-state index in [2.05, 4.69) is 10.6 Å². The molecule has 2 rings (SSSR count). The topological polar surface area (TPSA) is 132 Å². The van der Waals surface area contributed by atoms with E-state index in [4.69, 9.17) is 10.5 Å². The lowest BCUT2D eigenvalue weighted by atomic mass is 10.2. The van der Waals surface area contributed by atoms with E-state index in [-0.39, 0.29) is 16.9 Å². The molecule has 0 saturated heterocycles. The summed E-state index contributed by atoms with van der Waals surface area (Å²) in [4.78, 5) is 22.5. The maximum Gasteiger partial charge on any atom is 0.292 e. The second-order valence-corrected chi connectivity index (χ2v) is 4.73. The first-order valence-electron chi connectivity index (χ1n) is 6.97. The Kier molecular flexibility index (Phi) is 5.43. The number of rotatable bonds is 5. The maximum atomic E-state index is 12.1. The molecule has 0 aliphatic rings. The van der Waals surface area contributed by atoms with Gasteiger partial charge in [-0.3, -0.25) is 14.9 Å². The van der Waals surface area contributed by atoms with Crippen LogP contribution in [-0.2, 0) is 4.79 Å². The molecular weight excluding hydrogens is 322 g/mol. The van der Waals surface area contributed by atoms with Crippen LogP contribution in [0.15, 0.2) is 60.3 Å². The highest BCUT2D eigenvalue weighted by Crippen LogP contribution is 2.23. The molecule has 8 heteroatoms. The Morgan fingerprint density at radius 3 is 2.40 bits per heavy atom. The van der Waals surface area contributed by atoms with Crippen LogP contribution in [0.2, 0.25) is 0 Å². The Hall–Kier alpha value is -4.17. The second kappa shape index (κ2) is 7.90. The molecule has 1 amide bonds. The van der Waals surface area contributed by atoms with Gasteiger partial charge < -0.3 is 10.6 Å². The summed E-state index contributed by atoms with van der Waals surface area (Å²) in [5, 5.41) is 33.9. The molecule has 0 atom stereocenters. The predicted octanol–water partition coefficient (Wildman–Crippen LogP) is 2.92. The molecule has 2 aromatic rings. The number of amides is 1. The standard InChI is InChI=1S/C17H11N5O3/c18-9-12-5-7-14(8-6-12)20-11-13(10-19)17(23)21-15-3-1-2-4-16(15)22(24)25/h1-8,11,20H,(H,21,23)/b13-11-. The van der Waals surface area contributed by atoms with Gasteiger partial charge in [-0.2, -0.15) is 10.5 Å². The van der Waals surface area contributed by atoms with Crippen LogP contribution in [0.3, 0.4) is 0 Å². The molecule has 0 aliphatic carbocycles. The van der Waals surface area contributed by atoms with E-state index in [1.807, 2.05) is 6.07 Å². The zero-order valence-electron chi connectivity index (χ0n) is 12.8. The molecular formula is C17H11N5O3. The monoisotopic (exact) mass is 333 g/mol. The molecule has 0 aromatic heterocycles. The highest BCUT2D eigenvalue weighted by atomic mass is 16.6. The summed E-state index contributed by atoms with van der Waals surface area (Å²) in [5.74, 6) is -0.780. The summed E-state index contributed by atoms with van der Waals surface area (Å²) >= 11 is 0. The fourth-order valence-electron chi connectivity index (χ4n) is 1.87. The second-order valence-electron chi connectivity index (χ2n) is 4.73. The zero-order chi connectivity index (χ0) is 18.2. The molecule has 2 N–H and O–H groups in total. The van der Waals surface area contributed by atoms with E-state index in [1.54, 1.807) is 30.3 Å². The SMILES string of the molecule is N#C/C(=C/Nc1ccc(C#N)cc1)C(=O)Nc1ccccc1[N+](=O)[O-]. The van der Waals surface area contributed by atoms with Gasteiger partial charge in [-0.25, -0.2) is 0 Å². The van der Waals surface area contributed by atoms with Crippen LogP contribution in [0, 0.1) is 32.8 Å². The Morgan fingerprint density at radius 2 is 1.80 bits per heavy atom. The van der Waals surface area contributed by atoms with Crippen molar-refractivity contribution in [1.29, 1.82) is 10.5 Å². The number of benzene rings is 2. The molecule has 0 spiro atoms. The first-order chi connectivity index (χ1) is 12.0. The van der Waals surface area contributed by atoms with E-state index < -0.39 is 10.8 Å². The summed E-state index contributed by atoms with van der Waals surface area (Å²) in [6, 6.07) is 15.7. The van der Waals surface area contributed by atoms with Crippen molar-refractivity contribution >= 4 is 23.0 Å². The van der Waals surface area contributed by atoms with Crippen LogP contribution in [-0.4, -0.2) is 10.8 Å². The zero-order valence-corrected chi connectivity index (χ0v) is 12.8. The van der Waals surface area contributed by atoms with Gasteiger partial charge in [-0.15, -0.1) is 0 Å². The van der Waals surface area contributed by atoms with Crippen molar-refractivity contribution in [3.05, 3.63) is 76.0 Å². The average Bonchev–Trinajstić information content (AvgIpc) is 2.63. The molecule has 25 heavy (non-hydrogen) atoms. The molecule has 2 aromatic carbocycles. The van der Waals surface area contributed by atoms with E-state index in [0.717, 1.165) is 0 Å². The molecule has 0 radical (unpaired) electrons. The largest absolute Gasteiger partial charge is 0.360 e. The van der Waals surface area contributed by atoms with Gasteiger partial charge in [0.2, 0.25) is 0 Å². The van der Waals surface area contributed by atoms with E-state index in [1.165, 1.54) is 30.5 Å². The third kappa shape index (κ3) is 4.41. The molecule has 0 heterocycles. The Morgan fingerprint density at radius 1 is 1.12 bits per heavy atom. The summed E-state index contributed by atoms with van der Waals surface area (Å²) in [5.41, 5.74) is 0.516. The number of hydrogen-bond acceptors (Lipinski definition) is 6. The van der Waals surface area contributed by atoms with Crippen molar-refractivity contribution in [2.45, 2.75) is 0 Å². The summed E-state index contributed by atoms with van der Waals surface area (Å²) in [6.07, 6.45) is 1.19. The number of anilines is 2. The van der Waals surface area contributed by atoms with E-state index in [0.29, 0.717) is 11.3 Å². The first-order valence-corrected chi connectivity index (χ1v) is 6.97. The van der Waals surface area contributed by atoms with Crippen LogP contribution in [0.1, 0.15) is 5.56 Å². The number of nitro benzene ring substituents is 1. The van der Waals surface area contributed by atoms with Crippen LogP contribution in [0.5, 0.6) is 0 Å². The van der Waals surface area contributed by atoms with E-state index in [9.17, 15) is 14.9 Å². The van der Waals surface area contributed by atoms with Crippen molar-refractivity contribution in [3.8, 4) is 12.1 Å². The maximum absolute atomic E-state index is 12.1. The van der Waals surface area contributed by atoms with Gasteiger partial charge in [-0.05, 0) is 30.3 Å². The lowest BCUT2D eigenvalue weighted by Crippen LogP contribution is -2.15. The summed E-state index contributed by atoms with van der Waals surface area (Å²) in [7, 11) is 0. The van der Waals surface area contributed by atoms with Crippen molar-refractivity contribution in [2.75, 3.05) is 10.6 Å². The van der Waals surface area contributed by atoms with Gasteiger partial charge in [0, 0.05) is 18.0 Å². The number of carbonyl (C=O) groups excluding carboxylic acids is 1. The normalized spacial score (nSPS) is 10.2. The van der Waals surface area contributed by atoms with Gasteiger partial charge in [-0.1, -0.05) is 12.1 Å². The third-order valence-corrected chi connectivity index (χ3v) is 3.11. The molecule has 8 nitrogen and oxygen atoms in total. The minimum absolute atomic E-state index is 0.00276. The lowest BCUT2D eigenvalue weighted by Gasteiger charge is -2.06. The van der Waals surface area contributed by atoms with Gasteiger partial charge in [0.1, 0.15) is 17.3 Å². The first kappa shape index (κ1) is 17.2.